The van der Waals surface area contributed by atoms with E-state index in [4.69, 9.17) is 0 Å². The van der Waals surface area contributed by atoms with Gasteiger partial charge in [-0.05, 0) is 42.7 Å². The van der Waals surface area contributed by atoms with Gasteiger partial charge in [0, 0.05) is 11.9 Å². The van der Waals surface area contributed by atoms with Gasteiger partial charge in [-0.1, -0.05) is 31.5 Å². The minimum Gasteiger partial charge on any atom is -0.321 e. The van der Waals surface area contributed by atoms with Crippen molar-refractivity contribution in [2.45, 2.75) is 26.2 Å². The van der Waals surface area contributed by atoms with Gasteiger partial charge >= 0.3 is 0 Å². The maximum Gasteiger partial charge on any atom is 0.274 e. The number of nitrogens with zero attached hydrogens (tertiary/aromatic N) is 1. The highest BCUT2D eigenvalue weighted by atomic mass is 16.1. The summed E-state index contributed by atoms with van der Waals surface area (Å²) in [5, 5.41) is 2.84. The number of rotatable bonds is 5. The zero-order chi connectivity index (χ0) is 13.5. The van der Waals surface area contributed by atoms with Crippen molar-refractivity contribution in [2.75, 3.05) is 5.32 Å². The average Bonchev–Trinajstić information content (AvgIpc) is 2.47. The summed E-state index contributed by atoms with van der Waals surface area (Å²) in [5.41, 5.74) is 2.53. The fraction of sp³-hybridized carbons (Fsp3) is 0.250. The lowest BCUT2D eigenvalue weighted by Gasteiger charge is -2.06. The number of unbranched alkanes of at least 4 members (excludes halogenated alkanes) is 1. The number of carbonyl (C=O) groups is 1. The smallest absolute Gasteiger partial charge is 0.274 e. The van der Waals surface area contributed by atoms with Gasteiger partial charge in [-0.15, -0.1) is 0 Å². The van der Waals surface area contributed by atoms with Gasteiger partial charge in [-0.3, -0.25) is 9.78 Å². The number of anilines is 1. The van der Waals surface area contributed by atoms with Crippen molar-refractivity contribution < 1.29 is 4.79 Å². The Kier molecular flexibility index (Phi) is 4.67. The fourth-order valence-corrected chi connectivity index (χ4v) is 1.83. The van der Waals surface area contributed by atoms with Gasteiger partial charge in [0.1, 0.15) is 5.69 Å². The predicted molar refractivity (Wildman–Crippen MR) is 77.2 cm³/mol. The summed E-state index contributed by atoms with van der Waals surface area (Å²) in [7, 11) is 0. The van der Waals surface area contributed by atoms with Crippen LogP contribution in [0, 0.1) is 0 Å². The summed E-state index contributed by atoms with van der Waals surface area (Å²) in [6.45, 7) is 2.18. The lowest BCUT2D eigenvalue weighted by atomic mass is 10.1. The Bertz CT molecular complexity index is 520. The molecule has 0 radical (unpaired) electrons. The highest BCUT2D eigenvalue weighted by Gasteiger charge is 2.06. The van der Waals surface area contributed by atoms with E-state index >= 15 is 0 Å². The molecule has 0 aliphatic heterocycles. The topological polar surface area (TPSA) is 42.0 Å². The highest BCUT2D eigenvalue weighted by Crippen LogP contribution is 2.12. The number of aromatic nitrogens is 1. The number of benzene rings is 1. The standard InChI is InChI=1S/C16H18N2O/c1-2-3-6-13-8-10-14(11-9-13)18-16(19)15-7-4-5-12-17-15/h4-5,7-12H,2-3,6H2,1H3,(H,18,19). The summed E-state index contributed by atoms with van der Waals surface area (Å²) >= 11 is 0. The second-order valence-corrected chi connectivity index (χ2v) is 4.47. The van der Waals surface area contributed by atoms with Gasteiger partial charge in [-0.2, -0.15) is 0 Å². The molecular formula is C16H18N2O. The molecule has 3 heteroatoms. The van der Waals surface area contributed by atoms with Gasteiger partial charge < -0.3 is 5.32 Å². The molecule has 1 N–H and O–H groups in total. The van der Waals surface area contributed by atoms with Gasteiger partial charge in [-0.25, -0.2) is 0 Å². The second-order valence-electron chi connectivity index (χ2n) is 4.47. The number of carbonyl (C=O) groups excluding carboxylic acids is 1. The molecule has 2 rings (SSSR count). The zero-order valence-corrected chi connectivity index (χ0v) is 11.1. The number of aryl methyl sites for hydroxylation is 1. The first-order valence-corrected chi connectivity index (χ1v) is 6.61. The molecule has 0 saturated heterocycles. The van der Waals surface area contributed by atoms with Gasteiger partial charge in [0.2, 0.25) is 0 Å². The van der Waals surface area contributed by atoms with Crippen molar-refractivity contribution in [2.24, 2.45) is 0 Å². The lowest BCUT2D eigenvalue weighted by Crippen LogP contribution is -2.13. The Morgan fingerprint density at radius 3 is 2.58 bits per heavy atom. The lowest BCUT2D eigenvalue weighted by molar-refractivity contribution is 0.102. The Labute approximate surface area is 113 Å². The van der Waals surface area contributed by atoms with E-state index in [9.17, 15) is 4.79 Å². The predicted octanol–water partition coefficient (Wildman–Crippen LogP) is 3.68. The van der Waals surface area contributed by atoms with Crippen molar-refractivity contribution in [3.8, 4) is 0 Å². The normalized spacial score (nSPS) is 10.2. The minimum absolute atomic E-state index is 0.179. The molecule has 0 aliphatic rings. The number of pyridine rings is 1. The number of hydrogen-bond donors (Lipinski definition) is 1. The summed E-state index contributed by atoms with van der Waals surface area (Å²) < 4.78 is 0. The van der Waals surface area contributed by atoms with Gasteiger partial charge in [0.05, 0.1) is 0 Å². The number of hydrogen-bond acceptors (Lipinski definition) is 2. The molecule has 2 aromatic rings. The first-order chi connectivity index (χ1) is 9.29. The van der Waals surface area contributed by atoms with Gasteiger partial charge in [0.25, 0.3) is 5.91 Å². The largest absolute Gasteiger partial charge is 0.321 e. The van der Waals surface area contributed by atoms with Crippen LogP contribution in [-0.4, -0.2) is 10.9 Å². The molecule has 19 heavy (non-hydrogen) atoms. The average molecular weight is 254 g/mol. The van der Waals surface area contributed by atoms with Crippen molar-refractivity contribution >= 4 is 11.6 Å². The Hall–Kier alpha value is -2.16. The van der Waals surface area contributed by atoms with Crippen LogP contribution in [0.15, 0.2) is 48.7 Å². The van der Waals surface area contributed by atoms with Crippen LogP contribution < -0.4 is 5.32 Å². The van der Waals surface area contributed by atoms with E-state index in [1.54, 1.807) is 24.4 Å². The second kappa shape index (κ2) is 6.69. The van der Waals surface area contributed by atoms with E-state index in [1.165, 1.54) is 18.4 Å². The molecule has 1 amide bonds. The molecule has 0 spiro atoms. The fourth-order valence-electron chi connectivity index (χ4n) is 1.83. The van der Waals surface area contributed by atoms with E-state index in [2.05, 4.69) is 29.4 Å². The van der Waals surface area contributed by atoms with Crippen molar-refractivity contribution in [3.63, 3.8) is 0 Å². The Morgan fingerprint density at radius 2 is 1.95 bits per heavy atom. The molecular weight excluding hydrogens is 236 g/mol. The molecule has 98 valence electrons. The van der Waals surface area contributed by atoms with Crippen molar-refractivity contribution in [1.82, 2.24) is 4.98 Å². The van der Waals surface area contributed by atoms with Gasteiger partial charge in [0.15, 0.2) is 0 Å². The van der Waals surface area contributed by atoms with E-state index in [1.807, 2.05) is 12.1 Å². The van der Waals surface area contributed by atoms with E-state index in [-0.39, 0.29) is 5.91 Å². The zero-order valence-electron chi connectivity index (χ0n) is 11.1. The molecule has 0 atom stereocenters. The van der Waals surface area contributed by atoms with Crippen LogP contribution in [0.2, 0.25) is 0 Å². The first kappa shape index (κ1) is 13.3. The number of nitrogens with one attached hydrogen (secondary N) is 1. The molecule has 0 unspecified atom stereocenters. The molecule has 1 aromatic carbocycles. The first-order valence-electron chi connectivity index (χ1n) is 6.61. The monoisotopic (exact) mass is 254 g/mol. The summed E-state index contributed by atoms with van der Waals surface area (Å²) in [4.78, 5) is 15.9. The van der Waals surface area contributed by atoms with Crippen LogP contribution in [0.1, 0.15) is 35.8 Å². The molecule has 1 heterocycles. The van der Waals surface area contributed by atoms with Crippen LogP contribution in [0.25, 0.3) is 0 Å². The van der Waals surface area contributed by atoms with Crippen LogP contribution >= 0.6 is 0 Å². The highest BCUT2D eigenvalue weighted by molar-refractivity contribution is 6.02. The third-order valence-electron chi connectivity index (χ3n) is 2.93. The van der Waals surface area contributed by atoms with Crippen molar-refractivity contribution in [1.29, 1.82) is 0 Å². The summed E-state index contributed by atoms with van der Waals surface area (Å²) in [5.74, 6) is -0.179. The minimum atomic E-state index is -0.179. The Balaban J connectivity index is 1.98. The van der Waals surface area contributed by atoms with Crippen molar-refractivity contribution in [3.05, 3.63) is 59.9 Å². The quantitative estimate of drug-likeness (QED) is 0.884. The Morgan fingerprint density at radius 1 is 1.16 bits per heavy atom. The maximum absolute atomic E-state index is 11.9. The molecule has 0 saturated carbocycles. The van der Waals surface area contributed by atoms with E-state index in [0.29, 0.717) is 5.69 Å². The molecule has 0 bridgehead atoms. The van der Waals surface area contributed by atoms with E-state index < -0.39 is 0 Å². The SMILES string of the molecule is CCCCc1ccc(NC(=O)c2ccccn2)cc1. The molecule has 3 nitrogen and oxygen atoms in total. The molecule has 1 aromatic heterocycles. The third kappa shape index (κ3) is 3.91. The maximum atomic E-state index is 11.9. The summed E-state index contributed by atoms with van der Waals surface area (Å²) in [6, 6.07) is 13.3. The summed E-state index contributed by atoms with van der Waals surface area (Å²) in [6.07, 6.45) is 5.09. The van der Waals surface area contributed by atoms with Crippen LogP contribution in [0.5, 0.6) is 0 Å². The number of amides is 1. The third-order valence-corrected chi connectivity index (χ3v) is 2.93. The molecule has 0 fully saturated rings. The van der Waals surface area contributed by atoms with E-state index in [0.717, 1.165) is 12.1 Å². The van der Waals surface area contributed by atoms with Crippen LogP contribution in [0.4, 0.5) is 5.69 Å². The van der Waals surface area contributed by atoms with Crippen LogP contribution in [0.3, 0.4) is 0 Å². The van der Waals surface area contributed by atoms with Crippen LogP contribution in [-0.2, 0) is 6.42 Å². The molecule has 0 aliphatic carbocycles.